The molecule has 0 aromatic carbocycles. The Morgan fingerprint density at radius 1 is 1.14 bits per heavy atom. The van der Waals surface area contributed by atoms with Gasteiger partial charge in [-0.1, -0.05) is 0 Å². The van der Waals surface area contributed by atoms with Crippen LogP contribution in [0.15, 0.2) is 15.8 Å². The highest BCUT2D eigenvalue weighted by molar-refractivity contribution is 5.02. The maximum Gasteiger partial charge on any atom is 0.330 e. The molecule has 158 valence electrons. The van der Waals surface area contributed by atoms with E-state index in [2.05, 4.69) is 4.98 Å². The predicted octanol–water partition coefficient (Wildman–Crippen LogP) is -3.69. The fourth-order valence-electron chi connectivity index (χ4n) is 3.23. The average Bonchev–Trinajstić information content (AvgIpc) is 3.02. The number of aromatic nitrogens is 2. The smallest absolute Gasteiger partial charge is 0.330 e. The maximum atomic E-state index is 12.0. The second-order valence-corrected chi connectivity index (χ2v) is 6.94. The van der Waals surface area contributed by atoms with Crippen LogP contribution >= 0.6 is 0 Å². The molecule has 0 bridgehead atoms. The molecular formula is C16H24N2O10. The number of hydrogen-bond donors (Lipinski definition) is 6. The SMILES string of the molecule is Cc1cn([C@H]2C[C@H](O)[C@@H](CO[C@@H]3O[C@H](CO)[C@H](O)[C@H](O)[C@H]3O)O2)c(=O)[nH]c1=O. The Labute approximate surface area is 158 Å². The minimum Gasteiger partial charge on any atom is -0.394 e. The molecule has 2 aliphatic rings. The standard InChI is InChI=1S/C16H24N2O10/c1-6-3-18(16(25)17-14(6)24)10-2-7(20)9(27-10)5-26-15-13(23)12(22)11(21)8(4-19)28-15/h3,7-13,15,19-23H,2,4-5H2,1H3,(H,17,24,25)/t7-,8+,9+,10+,11-,12-,13+,15+/m0/s1. The summed E-state index contributed by atoms with van der Waals surface area (Å²) in [5.41, 5.74) is -0.885. The minimum absolute atomic E-state index is 0.0636. The number of aliphatic hydroxyl groups is 5. The molecule has 1 aromatic rings. The van der Waals surface area contributed by atoms with E-state index in [4.69, 9.17) is 14.2 Å². The van der Waals surface area contributed by atoms with Crippen molar-refractivity contribution in [2.75, 3.05) is 13.2 Å². The molecule has 0 radical (unpaired) electrons. The van der Waals surface area contributed by atoms with Gasteiger partial charge in [-0.05, 0) is 6.92 Å². The molecule has 12 nitrogen and oxygen atoms in total. The number of nitrogens with one attached hydrogen (secondary N) is 1. The van der Waals surface area contributed by atoms with E-state index in [0.717, 1.165) is 4.57 Å². The second kappa shape index (κ2) is 8.39. The van der Waals surface area contributed by atoms with Crippen molar-refractivity contribution in [2.24, 2.45) is 0 Å². The summed E-state index contributed by atoms with van der Waals surface area (Å²) in [7, 11) is 0. The number of H-pyrrole nitrogens is 1. The van der Waals surface area contributed by atoms with E-state index < -0.39 is 67.0 Å². The monoisotopic (exact) mass is 404 g/mol. The molecule has 8 atom stereocenters. The molecule has 2 aliphatic heterocycles. The second-order valence-electron chi connectivity index (χ2n) is 6.94. The van der Waals surface area contributed by atoms with Crippen molar-refractivity contribution >= 4 is 0 Å². The van der Waals surface area contributed by atoms with E-state index in [1.165, 1.54) is 13.1 Å². The molecule has 6 N–H and O–H groups in total. The first-order valence-corrected chi connectivity index (χ1v) is 8.80. The Morgan fingerprint density at radius 2 is 1.86 bits per heavy atom. The minimum atomic E-state index is -1.58. The molecule has 1 aromatic heterocycles. The normalized spacial score (nSPS) is 38.6. The van der Waals surface area contributed by atoms with Gasteiger partial charge >= 0.3 is 5.69 Å². The molecule has 0 unspecified atom stereocenters. The van der Waals surface area contributed by atoms with Crippen molar-refractivity contribution in [3.63, 3.8) is 0 Å². The van der Waals surface area contributed by atoms with Gasteiger partial charge in [0.05, 0.1) is 19.3 Å². The summed E-state index contributed by atoms with van der Waals surface area (Å²) >= 11 is 0. The zero-order chi connectivity index (χ0) is 20.6. The Bertz CT molecular complexity index is 792. The lowest BCUT2D eigenvalue weighted by Crippen LogP contribution is -2.59. The van der Waals surface area contributed by atoms with Crippen molar-refractivity contribution in [3.8, 4) is 0 Å². The van der Waals surface area contributed by atoms with Crippen molar-refractivity contribution in [1.29, 1.82) is 0 Å². The van der Waals surface area contributed by atoms with E-state index in [9.17, 15) is 35.1 Å². The van der Waals surface area contributed by atoms with Gasteiger partial charge in [0.15, 0.2) is 6.29 Å². The zero-order valence-corrected chi connectivity index (χ0v) is 15.0. The first kappa shape index (κ1) is 21.1. The fourth-order valence-corrected chi connectivity index (χ4v) is 3.23. The highest BCUT2D eigenvalue weighted by Gasteiger charge is 2.45. The lowest BCUT2D eigenvalue weighted by Gasteiger charge is -2.39. The van der Waals surface area contributed by atoms with Crippen LogP contribution in [0, 0.1) is 6.92 Å². The molecule has 0 amide bonds. The lowest BCUT2D eigenvalue weighted by molar-refractivity contribution is -0.306. The van der Waals surface area contributed by atoms with Gasteiger partial charge in [-0.3, -0.25) is 14.3 Å². The van der Waals surface area contributed by atoms with Crippen LogP contribution < -0.4 is 11.2 Å². The number of ether oxygens (including phenoxy) is 3. The summed E-state index contributed by atoms with van der Waals surface area (Å²) in [4.78, 5) is 25.6. The van der Waals surface area contributed by atoms with Crippen LogP contribution in [0.1, 0.15) is 18.2 Å². The van der Waals surface area contributed by atoms with Crippen LogP contribution in [0.4, 0.5) is 0 Å². The summed E-state index contributed by atoms with van der Waals surface area (Å²) in [6.45, 7) is 0.682. The first-order valence-electron chi connectivity index (χ1n) is 8.80. The Kier molecular flexibility index (Phi) is 6.31. The van der Waals surface area contributed by atoms with Gasteiger partial charge in [-0.2, -0.15) is 0 Å². The van der Waals surface area contributed by atoms with Gasteiger partial charge in [0.2, 0.25) is 0 Å². The van der Waals surface area contributed by atoms with Gasteiger partial charge in [-0.15, -0.1) is 0 Å². The highest BCUT2D eigenvalue weighted by atomic mass is 16.7. The largest absolute Gasteiger partial charge is 0.394 e. The number of rotatable bonds is 5. The molecule has 0 saturated carbocycles. The van der Waals surface area contributed by atoms with Crippen LogP contribution in [0.25, 0.3) is 0 Å². The number of hydrogen-bond acceptors (Lipinski definition) is 10. The van der Waals surface area contributed by atoms with Gasteiger partial charge in [-0.25, -0.2) is 4.79 Å². The fraction of sp³-hybridized carbons (Fsp3) is 0.750. The number of aromatic amines is 1. The number of aliphatic hydroxyl groups excluding tert-OH is 5. The molecular weight excluding hydrogens is 380 g/mol. The van der Waals surface area contributed by atoms with Crippen molar-refractivity contribution < 1.29 is 39.7 Å². The van der Waals surface area contributed by atoms with E-state index >= 15 is 0 Å². The van der Waals surface area contributed by atoms with Crippen LogP contribution in [0.2, 0.25) is 0 Å². The van der Waals surface area contributed by atoms with Gasteiger partial charge in [0, 0.05) is 18.2 Å². The summed E-state index contributed by atoms with van der Waals surface area (Å²) in [5, 5.41) is 48.9. The summed E-state index contributed by atoms with van der Waals surface area (Å²) < 4.78 is 17.4. The zero-order valence-electron chi connectivity index (χ0n) is 15.0. The Balaban J connectivity index is 1.64. The van der Waals surface area contributed by atoms with Crippen molar-refractivity contribution in [3.05, 3.63) is 32.6 Å². The van der Waals surface area contributed by atoms with E-state index in [-0.39, 0.29) is 13.0 Å². The molecule has 28 heavy (non-hydrogen) atoms. The summed E-state index contributed by atoms with van der Waals surface area (Å²) in [5.74, 6) is 0. The third-order valence-corrected chi connectivity index (χ3v) is 4.93. The topological polar surface area (TPSA) is 184 Å². The molecule has 3 heterocycles. The third-order valence-electron chi connectivity index (χ3n) is 4.93. The number of nitrogens with zero attached hydrogens (tertiary/aromatic N) is 1. The average molecular weight is 404 g/mol. The van der Waals surface area contributed by atoms with Crippen molar-refractivity contribution in [1.82, 2.24) is 9.55 Å². The van der Waals surface area contributed by atoms with Gasteiger partial charge in [0.25, 0.3) is 5.56 Å². The summed E-state index contributed by atoms with van der Waals surface area (Å²) in [6.07, 6.45) is -8.46. The van der Waals surface area contributed by atoms with Gasteiger partial charge in [0.1, 0.15) is 36.7 Å². The third kappa shape index (κ3) is 4.04. The highest BCUT2D eigenvalue weighted by Crippen LogP contribution is 2.29. The molecule has 2 fully saturated rings. The molecule has 0 aliphatic carbocycles. The quantitative estimate of drug-likeness (QED) is 0.286. The molecule has 3 rings (SSSR count). The van der Waals surface area contributed by atoms with E-state index in [0.29, 0.717) is 5.56 Å². The Hall–Kier alpha value is -1.64. The van der Waals surface area contributed by atoms with Crippen LogP contribution in [-0.2, 0) is 14.2 Å². The maximum absolute atomic E-state index is 12.0. The predicted molar refractivity (Wildman–Crippen MR) is 90.3 cm³/mol. The van der Waals surface area contributed by atoms with E-state index in [1.807, 2.05) is 0 Å². The van der Waals surface area contributed by atoms with E-state index in [1.54, 1.807) is 0 Å². The van der Waals surface area contributed by atoms with Crippen LogP contribution in [0.3, 0.4) is 0 Å². The van der Waals surface area contributed by atoms with Crippen LogP contribution in [-0.4, -0.2) is 91.2 Å². The van der Waals surface area contributed by atoms with Gasteiger partial charge < -0.3 is 39.7 Å². The van der Waals surface area contributed by atoms with Crippen molar-refractivity contribution in [2.45, 2.75) is 62.5 Å². The number of aryl methyl sites for hydroxylation is 1. The van der Waals surface area contributed by atoms with Crippen LogP contribution in [0.5, 0.6) is 0 Å². The first-order chi connectivity index (χ1) is 13.2. The molecule has 0 spiro atoms. The molecule has 12 heteroatoms. The Morgan fingerprint density at radius 3 is 2.54 bits per heavy atom. The lowest BCUT2D eigenvalue weighted by atomic mass is 9.99. The molecule has 2 saturated heterocycles. The summed E-state index contributed by atoms with van der Waals surface area (Å²) in [6, 6.07) is 0.